The van der Waals surface area contributed by atoms with Gasteiger partial charge in [-0.05, 0) is 24.6 Å². The Kier molecular flexibility index (Phi) is 5.09. The highest BCUT2D eigenvalue weighted by Crippen LogP contribution is 2.19. The first-order chi connectivity index (χ1) is 9.99. The third kappa shape index (κ3) is 4.12. The van der Waals surface area contributed by atoms with E-state index in [2.05, 4.69) is 9.97 Å². The van der Waals surface area contributed by atoms with Crippen molar-refractivity contribution in [3.8, 4) is 0 Å². The van der Waals surface area contributed by atoms with Gasteiger partial charge in [-0.15, -0.1) is 0 Å². The summed E-state index contributed by atoms with van der Waals surface area (Å²) in [5.74, 6) is 0.980. The number of anilines is 1. The number of nitrogens with zero attached hydrogens (tertiary/aromatic N) is 3. The minimum atomic E-state index is -0.415. The number of rotatable bonds is 5. The Morgan fingerprint density at radius 2 is 2.05 bits per heavy atom. The number of aromatic nitrogens is 2. The number of aryl methyl sites for hydroxylation is 1. The molecule has 0 atom stereocenters. The molecule has 0 unspecified atom stereocenters. The Morgan fingerprint density at radius 3 is 2.71 bits per heavy atom. The van der Waals surface area contributed by atoms with Gasteiger partial charge in [0.05, 0.1) is 5.02 Å². The van der Waals surface area contributed by atoms with E-state index in [1.165, 1.54) is 6.07 Å². The number of ether oxygens (including phenoxy) is 1. The van der Waals surface area contributed by atoms with Crippen molar-refractivity contribution < 1.29 is 9.13 Å². The van der Waals surface area contributed by atoms with Crippen LogP contribution in [0.3, 0.4) is 0 Å². The fourth-order valence-electron chi connectivity index (χ4n) is 1.99. The van der Waals surface area contributed by atoms with Crippen LogP contribution >= 0.6 is 11.6 Å². The molecule has 0 spiro atoms. The maximum atomic E-state index is 13.5. The van der Waals surface area contributed by atoms with E-state index in [1.807, 2.05) is 24.9 Å². The Morgan fingerprint density at radius 1 is 1.29 bits per heavy atom. The summed E-state index contributed by atoms with van der Waals surface area (Å²) in [6.45, 7) is 2.79. The van der Waals surface area contributed by atoms with Crippen molar-refractivity contribution in [1.82, 2.24) is 9.97 Å². The van der Waals surface area contributed by atoms with Gasteiger partial charge >= 0.3 is 0 Å². The summed E-state index contributed by atoms with van der Waals surface area (Å²) in [6.07, 6.45) is 0. The van der Waals surface area contributed by atoms with Crippen molar-refractivity contribution in [2.75, 3.05) is 19.1 Å². The van der Waals surface area contributed by atoms with Crippen molar-refractivity contribution in [3.63, 3.8) is 0 Å². The first-order valence-electron chi connectivity index (χ1n) is 6.48. The van der Waals surface area contributed by atoms with E-state index in [-0.39, 0.29) is 5.02 Å². The van der Waals surface area contributed by atoms with E-state index < -0.39 is 5.82 Å². The number of halogens is 2. The molecule has 0 saturated heterocycles. The van der Waals surface area contributed by atoms with Gasteiger partial charge in [0.2, 0.25) is 0 Å². The van der Waals surface area contributed by atoms with Crippen LogP contribution in [0.5, 0.6) is 0 Å². The molecule has 0 aliphatic carbocycles. The van der Waals surface area contributed by atoms with Crippen LogP contribution < -0.4 is 4.90 Å². The molecule has 1 aromatic heterocycles. The van der Waals surface area contributed by atoms with Gasteiger partial charge in [-0.3, -0.25) is 0 Å². The Balaban J connectivity index is 2.19. The second-order valence-electron chi connectivity index (χ2n) is 4.82. The Bertz CT molecular complexity index is 636. The van der Waals surface area contributed by atoms with Crippen molar-refractivity contribution in [3.05, 3.63) is 52.2 Å². The highest BCUT2D eigenvalue weighted by molar-refractivity contribution is 6.30. The second kappa shape index (κ2) is 6.83. The van der Waals surface area contributed by atoms with Crippen molar-refractivity contribution >= 4 is 17.4 Å². The van der Waals surface area contributed by atoms with E-state index in [0.29, 0.717) is 19.0 Å². The average Bonchev–Trinajstić information content (AvgIpc) is 2.42. The van der Waals surface area contributed by atoms with Crippen LogP contribution in [-0.2, 0) is 17.9 Å². The van der Waals surface area contributed by atoms with E-state index in [9.17, 15) is 4.39 Å². The number of benzene rings is 1. The van der Waals surface area contributed by atoms with Gasteiger partial charge in [-0.25, -0.2) is 14.4 Å². The molecule has 6 heteroatoms. The third-order valence-corrected chi connectivity index (χ3v) is 3.26. The lowest BCUT2D eigenvalue weighted by Gasteiger charge is -2.19. The summed E-state index contributed by atoms with van der Waals surface area (Å²) >= 11 is 5.69. The maximum Gasteiger partial charge on any atom is 0.156 e. The molecule has 0 aliphatic heterocycles. The van der Waals surface area contributed by atoms with Crippen LogP contribution in [0.2, 0.25) is 5.02 Å². The summed E-state index contributed by atoms with van der Waals surface area (Å²) in [7, 11) is 3.50. The van der Waals surface area contributed by atoms with Gasteiger partial charge in [0.15, 0.2) is 5.82 Å². The lowest BCUT2D eigenvalue weighted by molar-refractivity contribution is 0.177. The molecular weight excluding hydrogens is 293 g/mol. The van der Waals surface area contributed by atoms with Gasteiger partial charge in [-0.1, -0.05) is 17.7 Å². The molecule has 0 radical (unpaired) electrons. The number of hydrogen-bond acceptors (Lipinski definition) is 4. The number of methoxy groups -OCH3 is 1. The molecule has 2 aromatic rings. The summed E-state index contributed by atoms with van der Waals surface area (Å²) in [4.78, 5) is 10.7. The summed E-state index contributed by atoms with van der Waals surface area (Å²) in [5, 5.41) is 0.127. The standard InChI is InChI=1S/C15H17ClFN3O/c1-10-6-15(19-14(18-10)9-21-3)20(2)8-11-4-5-12(16)13(17)7-11/h4-7H,8-9H2,1-3H3. The van der Waals surface area contributed by atoms with Crippen LogP contribution in [0.4, 0.5) is 10.2 Å². The molecule has 21 heavy (non-hydrogen) atoms. The molecule has 0 bridgehead atoms. The van der Waals surface area contributed by atoms with Gasteiger partial charge < -0.3 is 9.64 Å². The highest BCUT2D eigenvalue weighted by Gasteiger charge is 2.09. The Labute approximate surface area is 128 Å². The summed E-state index contributed by atoms with van der Waals surface area (Å²) < 4.78 is 18.5. The van der Waals surface area contributed by atoms with E-state index >= 15 is 0 Å². The smallest absolute Gasteiger partial charge is 0.156 e. The molecule has 0 saturated carbocycles. The van der Waals surface area contributed by atoms with Gasteiger partial charge in [-0.2, -0.15) is 0 Å². The molecule has 0 N–H and O–H groups in total. The van der Waals surface area contributed by atoms with Crippen molar-refractivity contribution in [2.45, 2.75) is 20.1 Å². The van der Waals surface area contributed by atoms with Gasteiger partial charge in [0, 0.05) is 32.5 Å². The molecule has 1 heterocycles. The molecule has 2 rings (SSSR count). The van der Waals surface area contributed by atoms with E-state index in [1.54, 1.807) is 19.2 Å². The topological polar surface area (TPSA) is 38.2 Å². The molecular formula is C15H17ClFN3O. The van der Waals surface area contributed by atoms with Crippen LogP contribution in [0.25, 0.3) is 0 Å². The van der Waals surface area contributed by atoms with Gasteiger partial charge in [0.1, 0.15) is 18.2 Å². The average molecular weight is 310 g/mol. The maximum absolute atomic E-state index is 13.5. The molecule has 0 aliphatic rings. The third-order valence-electron chi connectivity index (χ3n) is 2.96. The Hall–Kier alpha value is -1.72. The SMILES string of the molecule is COCc1nc(C)cc(N(C)Cc2ccc(Cl)c(F)c2)n1. The second-order valence-corrected chi connectivity index (χ2v) is 5.23. The van der Waals surface area contributed by atoms with Crippen LogP contribution in [-0.4, -0.2) is 24.1 Å². The zero-order chi connectivity index (χ0) is 15.4. The molecule has 0 fully saturated rings. The fourth-order valence-corrected chi connectivity index (χ4v) is 2.11. The normalized spacial score (nSPS) is 10.7. The van der Waals surface area contributed by atoms with E-state index in [4.69, 9.17) is 16.3 Å². The van der Waals surface area contributed by atoms with Crippen molar-refractivity contribution in [1.29, 1.82) is 0 Å². The van der Waals surface area contributed by atoms with Gasteiger partial charge in [0.25, 0.3) is 0 Å². The lowest BCUT2D eigenvalue weighted by Crippen LogP contribution is -2.19. The first-order valence-corrected chi connectivity index (χ1v) is 6.86. The quantitative estimate of drug-likeness (QED) is 0.849. The largest absolute Gasteiger partial charge is 0.377 e. The van der Waals surface area contributed by atoms with E-state index in [0.717, 1.165) is 17.1 Å². The first kappa shape index (κ1) is 15.7. The summed E-state index contributed by atoms with van der Waals surface area (Å²) in [5.41, 5.74) is 1.69. The molecule has 112 valence electrons. The molecule has 1 aromatic carbocycles. The monoisotopic (exact) mass is 309 g/mol. The van der Waals surface area contributed by atoms with Crippen molar-refractivity contribution in [2.24, 2.45) is 0 Å². The predicted molar refractivity (Wildman–Crippen MR) is 81.0 cm³/mol. The minimum Gasteiger partial charge on any atom is -0.377 e. The highest BCUT2D eigenvalue weighted by atomic mass is 35.5. The van der Waals surface area contributed by atoms with Crippen LogP contribution in [0, 0.1) is 12.7 Å². The molecule has 0 amide bonds. The zero-order valence-corrected chi connectivity index (χ0v) is 13.0. The van der Waals surface area contributed by atoms with Crippen LogP contribution in [0.1, 0.15) is 17.1 Å². The fraction of sp³-hybridized carbons (Fsp3) is 0.333. The number of hydrogen-bond donors (Lipinski definition) is 0. The summed E-state index contributed by atoms with van der Waals surface area (Å²) in [6, 6.07) is 6.67. The minimum absolute atomic E-state index is 0.127. The zero-order valence-electron chi connectivity index (χ0n) is 12.2. The lowest BCUT2D eigenvalue weighted by atomic mass is 10.2. The predicted octanol–water partition coefficient (Wildman–Crippen LogP) is 3.36. The molecule has 4 nitrogen and oxygen atoms in total. The van der Waals surface area contributed by atoms with Crippen LogP contribution in [0.15, 0.2) is 24.3 Å².